The van der Waals surface area contributed by atoms with E-state index in [-0.39, 0.29) is 5.82 Å². The highest BCUT2D eigenvalue weighted by molar-refractivity contribution is 6.31. The monoisotopic (exact) mass is 282 g/mol. The van der Waals surface area contributed by atoms with E-state index in [0.29, 0.717) is 17.0 Å². The molecule has 1 heterocycles. The van der Waals surface area contributed by atoms with Gasteiger partial charge >= 0.3 is 0 Å². The van der Waals surface area contributed by atoms with E-state index < -0.39 is 0 Å². The van der Waals surface area contributed by atoms with Gasteiger partial charge in [-0.3, -0.25) is 4.90 Å². The van der Waals surface area contributed by atoms with Crippen molar-refractivity contribution >= 4 is 11.6 Å². The van der Waals surface area contributed by atoms with Gasteiger partial charge in [0.05, 0.1) is 5.02 Å². The maximum atomic E-state index is 13.7. The van der Waals surface area contributed by atoms with Crippen LogP contribution in [-0.2, 0) is 0 Å². The third-order valence-corrected chi connectivity index (χ3v) is 4.84. The zero-order valence-corrected chi connectivity index (χ0v) is 11.8. The van der Waals surface area contributed by atoms with E-state index in [9.17, 15) is 4.39 Å². The van der Waals surface area contributed by atoms with Crippen LogP contribution in [0.15, 0.2) is 18.2 Å². The van der Waals surface area contributed by atoms with E-state index in [1.807, 2.05) is 6.07 Å². The number of hydrogen-bond acceptors (Lipinski definition) is 2. The van der Waals surface area contributed by atoms with Crippen LogP contribution >= 0.6 is 11.6 Å². The molecule has 0 amide bonds. The van der Waals surface area contributed by atoms with Crippen molar-refractivity contribution in [3.8, 4) is 0 Å². The van der Waals surface area contributed by atoms with Gasteiger partial charge in [-0.05, 0) is 30.4 Å². The fraction of sp³-hybridized carbons (Fsp3) is 0.600. The van der Waals surface area contributed by atoms with Gasteiger partial charge in [0.1, 0.15) is 5.82 Å². The highest BCUT2D eigenvalue weighted by atomic mass is 35.5. The van der Waals surface area contributed by atoms with Gasteiger partial charge in [-0.2, -0.15) is 0 Å². The quantitative estimate of drug-likeness (QED) is 0.916. The molecule has 0 radical (unpaired) electrons. The van der Waals surface area contributed by atoms with Gasteiger partial charge in [0.2, 0.25) is 0 Å². The molecule has 1 saturated heterocycles. The predicted molar refractivity (Wildman–Crippen MR) is 75.9 cm³/mol. The SMILES string of the molecule is Fc1cccc([C@@H](C2CCC2)N2CCNCC2)c1Cl. The molecule has 1 aliphatic heterocycles. The maximum Gasteiger partial charge on any atom is 0.142 e. The topological polar surface area (TPSA) is 15.3 Å². The average Bonchev–Trinajstić information content (AvgIpc) is 2.38. The number of halogens is 2. The molecular formula is C15H20ClFN2. The first-order chi connectivity index (χ1) is 9.27. The van der Waals surface area contributed by atoms with Gasteiger partial charge in [0.15, 0.2) is 0 Å². The van der Waals surface area contributed by atoms with E-state index in [1.165, 1.54) is 25.3 Å². The third-order valence-electron chi connectivity index (χ3n) is 4.44. The van der Waals surface area contributed by atoms with Crippen LogP contribution in [-0.4, -0.2) is 31.1 Å². The summed E-state index contributed by atoms with van der Waals surface area (Å²) in [5.41, 5.74) is 0.980. The summed E-state index contributed by atoms with van der Waals surface area (Å²) in [5.74, 6) is 0.344. The molecule has 2 nitrogen and oxygen atoms in total. The molecule has 0 spiro atoms. The Hall–Kier alpha value is -0.640. The Kier molecular flexibility index (Phi) is 4.06. The number of hydrogen-bond donors (Lipinski definition) is 1. The summed E-state index contributed by atoms with van der Waals surface area (Å²) in [6, 6.07) is 5.52. The predicted octanol–water partition coefficient (Wildman–Crippen LogP) is 3.23. The molecule has 2 fully saturated rings. The zero-order valence-electron chi connectivity index (χ0n) is 11.0. The molecule has 2 aliphatic rings. The summed E-state index contributed by atoms with van der Waals surface area (Å²) in [6.45, 7) is 4.06. The number of nitrogens with one attached hydrogen (secondary N) is 1. The smallest absolute Gasteiger partial charge is 0.142 e. The summed E-state index contributed by atoms with van der Waals surface area (Å²) in [7, 11) is 0. The Labute approximate surface area is 118 Å². The summed E-state index contributed by atoms with van der Waals surface area (Å²) in [5, 5.41) is 3.69. The molecule has 19 heavy (non-hydrogen) atoms. The summed E-state index contributed by atoms with van der Waals surface area (Å²) >= 11 is 6.22. The molecule has 1 saturated carbocycles. The minimum atomic E-state index is -0.293. The molecule has 104 valence electrons. The van der Waals surface area contributed by atoms with Crippen LogP contribution in [0.5, 0.6) is 0 Å². The normalized spacial score (nSPS) is 23.1. The van der Waals surface area contributed by atoms with E-state index >= 15 is 0 Å². The van der Waals surface area contributed by atoms with Crippen molar-refractivity contribution in [3.63, 3.8) is 0 Å². The fourth-order valence-corrected chi connectivity index (χ4v) is 3.45. The second-order valence-electron chi connectivity index (χ2n) is 5.56. The van der Waals surface area contributed by atoms with Crippen LogP contribution in [0.1, 0.15) is 30.9 Å². The van der Waals surface area contributed by atoms with Gasteiger partial charge < -0.3 is 5.32 Å². The number of piperazine rings is 1. The van der Waals surface area contributed by atoms with Crippen LogP contribution in [0.25, 0.3) is 0 Å². The minimum Gasteiger partial charge on any atom is -0.314 e. The van der Waals surface area contributed by atoms with Crippen molar-refractivity contribution in [1.29, 1.82) is 0 Å². The van der Waals surface area contributed by atoms with Gasteiger partial charge in [0.25, 0.3) is 0 Å². The maximum absolute atomic E-state index is 13.7. The molecule has 1 aromatic rings. The highest BCUT2D eigenvalue weighted by Crippen LogP contribution is 2.43. The van der Waals surface area contributed by atoms with Crippen LogP contribution in [0.3, 0.4) is 0 Å². The van der Waals surface area contributed by atoms with E-state index in [0.717, 1.165) is 31.7 Å². The van der Waals surface area contributed by atoms with Gasteiger partial charge in [-0.15, -0.1) is 0 Å². The van der Waals surface area contributed by atoms with Crippen LogP contribution in [0, 0.1) is 11.7 Å². The first-order valence-corrected chi connectivity index (χ1v) is 7.54. The van der Waals surface area contributed by atoms with E-state index in [1.54, 1.807) is 6.07 Å². The second-order valence-corrected chi connectivity index (χ2v) is 5.94. The zero-order chi connectivity index (χ0) is 13.2. The minimum absolute atomic E-state index is 0.291. The lowest BCUT2D eigenvalue weighted by Gasteiger charge is -2.43. The Morgan fingerprint density at radius 1 is 1.26 bits per heavy atom. The van der Waals surface area contributed by atoms with Crippen LogP contribution < -0.4 is 5.32 Å². The molecule has 4 heteroatoms. The summed E-state index contributed by atoms with van der Waals surface area (Å²) in [6.07, 6.45) is 3.77. The largest absolute Gasteiger partial charge is 0.314 e. The lowest BCUT2D eigenvalue weighted by atomic mass is 9.76. The average molecular weight is 283 g/mol. The van der Waals surface area contributed by atoms with Gasteiger partial charge in [0, 0.05) is 32.2 Å². The lowest BCUT2D eigenvalue weighted by molar-refractivity contribution is 0.0836. The Balaban J connectivity index is 1.91. The molecule has 1 N–H and O–H groups in total. The molecule has 0 bridgehead atoms. The lowest BCUT2D eigenvalue weighted by Crippen LogP contribution is -2.48. The fourth-order valence-electron chi connectivity index (χ4n) is 3.21. The summed E-state index contributed by atoms with van der Waals surface area (Å²) < 4.78 is 13.7. The molecule has 1 aromatic carbocycles. The Morgan fingerprint density at radius 2 is 2.00 bits per heavy atom. The van der Waals surface area contributed by atoms with Crippen LogP contribution in [0.4, 0.5) is 4.39 Å². The van der Waals surface area contributed by atoms with Crippen molar-refractivity contribution < 1.29 is 4.39 Å². The standard InChI is InChI=1S/C15H20ClFN2/c16-14-12(5-2-6-13(14)17)15(11-3-1-4-11)19-9-7-18-8-10-19/h2,5-6,11,15,18H,1,3-4,7-10H2/t15-/m1/s1. The van der Waals surface area contributed by atoms with E-state index in [4.69, 9.17) is 11.6 Å². The number of benzene rings is 1. The van der Waals surface area contributed by atoms with E-state index in [2.05, 4.69) is 10.2 Å². The van der Waals surface area contributed by atoms with Gasteiger partial charge in [-0.25, -0.2) is 4.39 Å². The molecular weight excluding hydrogens is 263 g/mol. The second kappa shape index (κ2) is 5.78. The molecule has 1 aliphatic carbocycles. The summed E-state index contributed by atoms with van der Waals surface area (Å²) in [4.78, 5) is 2.47. The van der Waals surface area contributed by atoms with Gasteiger partial charge in [-0.1, -0.05) is 30.2 Å². The van der Waals surface area contributed by atoms with Crippen molar-refractivity contribution in [1.82, 2.24) is 10.2 Å². The Morgan fingerprint density at radius 3 is 2.63 bits per heavy atom. The molecule has 0 unspecified atom stereocenters. The molecule has 0 aromatic heterocycles. The number of rotatable bonds is 3. The molecule has 1 atom stereocenters. The third kappa shape index (κ3) is 2.64. The first-order valence-electron chi connectivity index (χ1n) is 7.16. The van der Waals surface area contributed by atoms with Crippen molar-refractivity contribution in [2.45, 2.75) is 25.3 Å². The molecule has 3 rings (SSSR count). The van der Waals surface area contributed by atoms with Crippen LogP contribution in [0.2, 0.25) is 5.02 Å². The number of nitrogens with zero attached hydrogens (tertiary/aromatic N) is 1. The highest BCUT2D eigenvalue weighted by Gasteiger charge is 2.35. The Bertz CT molecular complexity index is 442. The van der Waals surface area contributed by atoms with Crippen molar-refractivity contribution in [2.75, 3.05) is 26.2 Å². The van der Waals surface area contributed by atoms with Crippen molar-refractivity contribution in [2.24, 2.45) is 5.92 Å². The van der Waals surface area contributed by atoms with Crippen molar-refractivity contribution in [3.05, 3.63) is 34.6 Å². The first kappa shape index (κ1) is 13.3.